The quantitative estimate of drug-likeness (QED) is 0.662. The number of hydrogen-bond acceptors (Lipinski definition) is 6. The minimum Gasteiger partial charge on any atom is -0.296 e. The van der Waals surface area contributed by atoms with E-state index in [1.807, 2.05) is 32.0 Å². The number of aryl methyl sites for hydroxylation is 2. The first-order valence-corrected chi connectivity index (χ1v) is 10.3. The molecule has 140 valence electrons. The average Bonchev–Trinajstić information content (AvgIpc) is 3.11. The van der Waals surface area contributed by atoms with E-state index < -0.39 is 10.0 Å². The van der Waals surface area contributed by atoms with Gasteiger partial charge in [0.2, 0.25) is 5.13 Å². The third-order valence-corrected chi connectivity index (χ3v) is 6.86. The van der Waals surface area contributed by atoms with Crippen LogP contribution in [-0.2, 0) is 10.0 Å². The number of nitrogens with zero attached hydrogens (tertiary/aromatic N) is 3. The van der Waals surface area contributed by atoms with Crippen molar-refractivity contribution in [1.82, 2.24) is 10.2 Å². The number of nitrogens with one attached hydrogen (secondary N) is 1. The van der Waals surface area contributed by atoms with Crippen molar-refractivity contribution < 1.29 is 13.2 Å². The van der Waals surface area contributed by atoms with Crippen LogP contribution in [0, 0.1) is 13.8 Å². The Morgan fingerprint density at radius 3 is 2.41 bits per heavy atom. The molecular weight excluding hydrogens is 384 g/mol. The highest BCUT2D eigenvalue weighted by molar-refractivity contribution is 7.94. The van der Waals surface area contributed by atoms with E-state index in [1.54, 1.807) is 30.3 Å². The molecule has 27 heavy (non-hydrogen) atoms. The Balaban J connectivity index is 1.79. The van der Waals surface area contributed by atoms with E-state index in [2.05, 4.69) is 15.5 Å². The summed E-state index contributed by atoms with van der Waals surface area (Å²) in [6.07, 6.45) is 0. The lowest BCUT2D eigenvalue weighted by atomic mass is 10.1. The molecule has 1 aromatic heterocycles. The van der Waals surface area contributed by atoms with Crippen LogP contribution < -0.4 is 9.62 Å². The van der Waals surface area contributed by atoms with Crippen molar-refractivity contribution in [3.05, 3.63) is 65.2 Å². The smallest absolute Gasteiger partial charge is 0.293 e. The van der Waals surface area contributed by atoms with Gasteiger partial charge >= 0.3 is 0 Å². The monoisotopic (exact) mass is 402 g/mol. The molecule has 0 saturated carbocycles. The van der Waals surface area contributed by atoms with Gasteiger partial charge in [-0.05, 0) is 43.7 Å². The van der Waals surface area contributed by atoms with Crippen LogP contribution in [0.15, 0.2) is 52.9 Å². The Hall–Kier alpha value is -2.78. The van der Waals surface area contributed by atoms with Gasteiger partial charge in [-0.2, -0.15) is 8.42 Å². The molecule has 3 rings (SSSR count). The van der Waals surface area contributed by atoms with Crippen molar-refractivity contribution in [3.8, 4) is 0 Å². The van der Waals surface area contributed by atoms with E-state index in [0.29, 0.717) is 11.3 Å². The molecule has 0 aliphatic heterocycles. The van der Waals surface area contributed by atoms with Crippen molar-refractivity contribution in [1.29, 1.82) is 0 Å². The molecule has 0 spiro atoms. The maximum Gasteiger partial charge on any atom is 0.293 e. The number of benzene rings is 2. The van der Waals surface area contributed by atoms with Crippen LogP contribution in [0.4, 0.5) is 10.8 Å². The average molecular weight is 403 g/mol. The molecule has 0 radical (unpaired) electrons. The molecule has 7 nitrogen and oxygen atoms in total. The lowest BCUT2D eigenvalue weighted by Crippen LogP contribution is -2.26. The summed E-state index contributed by atoms with van der Waals surface area (Å²) in [7, 11) is -2.41. The number of carbonyl (C=O) groups excluding carboxylic acids is 1. The van der Waals surface area contributed by atoms with E-state index >= 15 is 0 Å². The van der Waals surface area contributed by atoms with Crippen molar-refractivity contribution in [3.63, 3.8) is 0 Å². The van der Waals surface area contributed by atoms with E-state index in [-0.39, 0.29) is 15.4 Å². The topological polar surface area (TPSA) is 92.3 Å². The molecule has 0 saturated heterocycles. The Kier molecular flexibility index (Phi) is 5.24. The maximum absolute atomic E-state index is 12.8. The number of rotatable bonds is 5. The zero-order valence-electron chi connectivity index (χ0n) is 15.0. The molecule has 0 aliphatic rings. The normalized spacial score (nSPS) is 11.2. The summed E-state index contributed by atoms with van der Waals surface area (Å²) < 4.78 is 26.5. The Morgan fingerprint density at radius 2 is 1.74 bits per heavy atom. The van der Waals surface area contributed by atoms with Crippen molar-refractivity contribution in [2.75, 3.05) is 16.7 Å². The van der Waals surface area contributed by atoms with Gasteiger partial charge in [0, 0.05) is 12.6 Å². The predicted molar refractivity (Wildman–Crippen MR) is 106 cm³/mol. The number of carbonyl (C=O) groups is 1. The molecule has 1 amide bonds. The highest BCUT2D eigenvalue weighted by Crippen LogP contribution is 2.27. The Labute approximate surface area is 161 Å². The first kappa shape index (κ1) is 19.0. The van der Waals surface area contributed by atoms with Gasteiger partial charge in [0.25, 0.3) is 20.3 Å². The lowest BCUT2D eigenvalue weighted by molar-refractivity contribution is 0.102. The Bertz CT molecular complexity index is 1080. The number of amides is 1. The molecule has 0 bridgehead atoms. The van der Waals surface area contributed by atoms with Crippen LogP contribution in [0.3, 0.4) is 0 Å². The number of sulfonamides is 1. The van der Waals surface area contributed by atoms with Crippen LogP contribution in [0.25, 0.3) is 0 Å². The largest absolute Gasteiger partial charge is 0.296 e. The fourth-order valence-electron chi connectivity index (χ4n) is 2.32. The number of hydrogen-bond donors (Lipinski definition) is 1. The SMILES string of the molecule is Cc1ccc(C(=O)Nc2nnc(S(=O)(=O)N(C)c3cccc(C)c3)s2)cc1. The Morgan fingerprint density at radius 1 is 1.04 bits per heavy atom. The van der Waals surface area contributed by atoms with E-state index in [1.165, 1.54) is 7.05 Å². The van der Waals surface area contributed by atoms with Crippen LogP contribution in [0.1, 0.15) is 21.5 Å². The summed E-state index contributed by atoms with van der Waals surface area (Å²) in [5.41, 5.74) is 2.96. The molecule has 0 fully saturated rings. The standard InChI is InChI=1S/C18H18N4O3S2/c1-12-7-9-14(10-8-12)16(23)19-17-20-21-18(26-17)27(24,25)22(3)15-6-4-5-13(2)11-15/h4-11H,1-3H3,(H,19,20,23). The molecular formula is C18H18N4O3S2. The first-order chi connectivity index (χ1) is 12.8. The summed E-state index contributed by atoms with van der Waals surface area (Å²) in [5, 5.41) is 10.2. The van der Waals surface area contributed by atoms with Gasteiger partial charge in [0.15, 0.2) is 0 Å². The lowest BCUT2D eigenvalue weighted by Gasteiger charge is -2.17. The third kappa shape index (κ3) is 4.15. The molecule has 3 aromatic rings. The van der Waals surface area contributed by atoms with Crippen LogP contribution in [0.5, 0.6) is 0 Å². The van der Waals surface area contributed by atoms with Gasteiger partial charge in [0.05, 0.1) is 5.69 Å². The molecule has 0 atom stereocenters. The van der Waals surface area contributed by atoms with Crippen molar-refractivity contribution >= 4 is 38.1 Å². The number of aromatic nitrogens is 2. The van der Waals surface area contributed by atoms with E-state index in [9.17, 15) is 13.2 Å². The molecule has 0 unspecified atom stereocenters. The van der Waals surface area contributed by atoms with Gasteiger partial charge in [-0.1, -0.05) is 41.2 Å². The highest BCUT2D eigenvalue weighted by atomic mass is 32.2. The second kappa shape index (κ2) is 7.45. The summed E-state index contributed by atoms with van der Waals surface area (Å²) in [4.78, 5) is 12.2. The summed E-state index contributed by atoms with van der Waals surface area (Å²) in [6.45, 7) is 3.81. The van der Waals surface area contributed by atoms with Gasteiger partial charge < -0.3 is 0 Å². The van der Waals surface area contributed by atoms with Gasteiger partial charge in [-0.25, -0.2) is 0 Å². The molecule has 9 heteroatoms. The van der Waals surface area contributed by atoms with Crippen molar-refractivity contribution in [2.24, 2.45) is 0 Å². The fourth-order valence-corrected chi connectivity index (χ4v) is 4.55. The zero-order chi connectivity index (χ0) is 19.6. The zero-order valence-corrected chi connectivity index (χ0v) is 16.6. The summed E-state index contributed by atoms with van der Waals surface area (Å²) >= 11 is 0.809. The molecule has 1 heterocycles. The predicted octanol–water partition coefficient (Wildman–Crippen LogP) is 3.23. The van der Waals surface area contributed by atoms with Gasteiger partial charge in [0.1, 0.15) is 0 Å². The highest BCUT2D eigenvalue weighted by Gasteiger charge is 2.26. The van der Waals surface area contributed by atoms with Crippen LogP contribution >= 0.6 is 11.3 Å². The fraction of sp³-hybridized carbons (Fsp3) is 0.167. The van der Waals surface area contributed by atoms with Crippen molar-refractivity contribution in [2.45, 2.75) is 18.2 Å². The summed E-state index contributed by atoms with van der Waals surface area (Å²) in [5.74, 6) is -0.373. The molecule has 1 N–H and O–H groups in total. The second-order valence-electron chi connectivity index (χ2n) is 6.00. The van der Waals surface area contributed by atoms with E-state index in [4.69, 9.17) is 0 Å². The summed E-state index contributed by atoms with van der Waals surface area (Å²) in [6, 6.07) is 14.1. The molecule has 2 aromatic carbocycles. The van der Waals surface area contributed by atoms with Gasteiger partial charge in [-0.15, -0.1) is 10.2 Å². The minimum atomic E-state index is -3.87. The number of anilines is 2. The maximum atomic E-state index is 12.8. The second-order valence-corrected chi connectivity index (χ2v) is 9.13. The van der Waals surface area contributed by atoms with Crippen LogP contribution in [-0.4, -0.2) is 31.6 Å². The third-order valence-electron chi connectivity index (χ3n) is 3.89. The molecule has 0 aliphatic carbocycles. The van der Waals surface area contributed by atoms with E-state index in [0.717, 1.165) is 26.8 Å². The first-order valence-electron chi connectivity index (χ1n) is 8.04. The van der Waals surface area contributed by atoms with Crippen LogP contribution in [0.2, 0.25) is 0 Å². The minimum absolute atomic E-state index is 0.122. The van der Waals surface area contributed by atoms with Gasteiger partial charge in [-0.3, -0.25) is 14.4 Å².